The van der Waals surface area contributed by atoms with Crippen LogP contribution in [-0.4, -0.2) is 68.3 Å². The Morgan fingerprint density at radius 3 is 2.00 bits per heavy atom. The van der Waals surface area contributed by atoms with Crippen molar-refractivity contribution in [1.82, 2.24) is 0 Å². The summed E-state index contributed by atoms with van der Waals surface area (Å²) in [5.41, 5.74) is 5.13. The van der Waals surface area contributed by atoms with Gasteiger partial charge in [0.2, 0.25) is 0 Å². The fourth-order valence-electron chi connectivity index (χ4n) is 1.07. The quantitative estimate of drug-likeness (QED) is 0.156. The van der Waals surface area contributed by atoms with Crippen LogP contribution in [0.5, 0.6) is 0 Å². The summed E-state index contributed by atoms with van der Waals surface area (Å²) in [6, 6.07) is 0. The molecule has 0 radical (unpaired) electrons. The van der Waals surface area contributed by atoms with Gasteiger partial charge in [0.25, 0.3) is 0 Å². The van der Waals surface area contributed by atoms with Crippen molar-refractivity contribution in [2.45, 2.75) is 10.9 Å². The van der Waals surface area contributed by atoms with E-state index in [1.165, 1.54) is 0 Å². The largest absolute Gasteiger partial charge is 0.394 e. The molecule has 0 aromatic rings. The van der Waals surface area contributed by atoms with Gasteiger partial charge < -0.3 is 0 Å². The summed E-state index contributed by atoms with van der Waals surface area (Å²) in [5.74, 6) is -0.194. The van der Waals surface area contributed by atoms with Crippen LogP contribution in [0.25, 0.3) is 0 Å². The minimum atomic E-state index is -4.67. The Balaban J connectivity index is 0.000000437. The first-order valence-electron chi connectivity index (χ1n) is 4.00. The SMILES string of the molecule is N=C(N)[Se]C1CS(=O)(=O)CC1O.O=S(=O)(O)O. The molecular weight excluding hydrogens is 343 g/mol. The number of hydrogen-bond acceptors (Lipinski definition) is 6. The molecule has 1 fully saturated rings. The summed E-state index contributed by atoms with van der Waals surface area (Å²) in [5, 5.41) is 16.2. The van der Waals surface area contributed by atoms with E-state index in [4.69, 9.17) is 28.7 Å². The topological polar surface area (TPSA) is 179 Å². The molecule has 1 aliphatic heterocycles. The second kappa shape index (κ2) is 6.09. The Morgan fingerprint density at radius 1 is 1.35 bits per heavy atom. The van der Waals surface area contributed by atoms with Gasteiger partial charge in [-0.1, -0.05) is 0 Å². The molecule has 12 heteroatoms. The molecule has 102 valence electrons. The molecule has 1 rings (SSSR count). The van der Waals surface area contributed by atoms with Gasteiger partial charge in [-0.15, -0.1) is 0 Å². The van der Waals surface area contributed by atoms with E-state index in [0.717, 1.165) is 0 Å². The van der Waals surface area contributed by atoms with Crippen LogP contribution in [0.1, 0.15) is 0 Å². The smallest absolute Gasteiger partial charge is 0.264 e. The second-order valence-electron chi connectivity index (χ2n) is 3.11. The first-order valence-corrected chi connectivity index (χ1v) is 9.06. The van der Waals surface area contributed by atoms with Crippen molar-refractivity contribution in [3.8, 4) is 0 Å². The van der Waals surface area contributed by atoms with Gasteiger partial charge in [-0.3, -0.25) is 9.11 Å². The molecule has 1 aliphatic rings. The zero-order chi connectivity index (χ0) is 13.9. The van der Waals surface area contributed by atoms with Crippen LogP contribution in [0.2, 0.25) is 4.82 Å². The molecule has 0 saturated carbocycles. The molecule has 0 aromatic heterocycles. The van der Waals surface area contributed by atoms with E-state index in [-0.39, 0.29) is 36.0 Å². The van der Waals surface area contributed by atoms with Crippen LogP contribution in [0, 0.1) is 5.41 Å². The summed E-state index contributed by atoms with van der Waals surface area (Å²) in [7, 11) is -7.74. The summed E-state index contributed by atoms with van der Waals surface area (Å²) in [6.07, 6.45) is -0.820. The van der Waals surface area contributed by atoms with Crippen LogP contribution in [0.4, 0.5) is 0 Å². The third-order valence-electron chi connectivity index (χ3n) is 1.55. The average Bonchev–Trinajstić information content (AvgIpc) is 2.18. The molecule has 1 saturated heterocycles. The molecule has 2 unspecified atom stereocenters. The van der Waals surface area contributed by atoms with Crippen molar-refractivity contribution in [3.63, 3.8) is 0 Å². The first kappa shape index (κ1) is 16.8. The van der Waals surface area contributed by atoms with Gasteiger partial charge in [-0.2, -0.15) is 8.42 Å². The zero-order valence-corrected chi connectivity index (χ0v) is 11.7. The molecule has 17 heavy (non-hydrogen) atoms. The molecule has 0 aromatic carbocycles. The van der Waals surface area contributed by atoms with Crippen LogP contribution in [0.3, 0.4) is 0 Å². The van der Waals surface area contributed by atoms with Crippen LogP contribution in [-0.2, 0) is 20.2 Å². The van der Waals surface area contributed by atoms with E-state index in [2.05, 4.69) is 0 Å². The van der Waals surface area contributed by atoms with Gasteiger partial charge in [-0.25, -0.2) is 0 Å². The number of amidine groups is 1. The molecule has 0 spiro atoms. The number of nitrogens with one attached hydrogen (secondary N) is 1. The summed E-state index contributed by atoms with van der Waals surface area (Å²) < 4.78 is 53.5. The van der Waals surface area contributed by atoms with Crippen LogP contribution >= 0.6 is 0 Å². The molecule has 1 heterocycles. The second-order valence-corrected chi connectivity index (χ2v) is 8.85. The monoisotopic (exact) mass is 356 g/mol. The van der Waals surface area contributed by atoms with Gasteiger partial charge in [0, 0.05) is 0 Å². The number of rotatable bonds is 2. The minimum Gasteiger partial charge on any atom is -0.264 e. The van der Waals surface area contributed by atoms with E-state index in [0.29, 0.717) is 0 Å². The minimum absolute atomic E-state index is 0.0105. The van der Waals surface area contributed by atoms with E-state index in [9.17, 15) is 13.5 Å². The summed E-state index contributed by atoms with van der Waals surface area (Å²) in [6.45, 7) is 0. The van der Waals surface area contributed by atoms with E-state index in [1.54, 1.807) is 0 Å². The molecule has 0 amide bonds. The molecular formula is C5H12N2O7S2Se. The van der Waals surface area contributed by atoms with Gasteiger partial charge in [-0.05, 0) is 0 Å². The average molecular weight is 355 g/mol. The Labute approximate surface area is 105 Å². The van der Waals surface area contributed by atoms with Crippen LogP contribution < -0.4 is 5.73 Å². The first-order chi connectivity index (χ1) is 7.41. The normalized spacial score (nSPS) is 27.0. The van der Waals surface area contributed by atoms with E-state index >= 15 is 0 Å². The third kappa shape index (κ3) is 9.47. The number of nitrogens with two attached hydrogens (primary N) is 1. The van der Waals surface area contributed by atoms with E-state index in [1.807, 2.05) is 0 Å². The Hall–Kier alpha value is -0.231. The Morgan fingerprint density at radius 2 is 1.76 bits per heavy atom. The Bertz CT molecular complexity index is 464. The third-order valence-corrected chi connectivity index (χ3v) is 5.92. The molecule has 0 bridgehead atoms. The van der Waals surface area contributed by atoms with Gasteiger partial charge in [0.05, 0.1) is 0 Å². The van der Waals surface area contributed by atoms with E-state index < -0.39 is 26.3 Å². The summed E-state index contributed by atoms with van der Waals surface area (Å²) >= 11 is -0.386. The standard InChI is InChI=1S/C5H10N2O3SSe.H2O4S/c6-5(7)12-4-2-11(9,10)1-3(4)8;1-5(2,3)4/h3-4,8H,1-2H2,(H3,6,7);(H2,1,2,3,4). The number of aliphatic hydroxyl groups excluding tert-OH is 1. The molecule has 0 aliphatic carbocycles. The van der Waals surface area contributed by atoms with Crippen molar-refractivity contribution in [2.24, 2.45) is 5.73 Å². The maximum absolute atomic E-state index is 11.0. The van der Waals surface area contributed by atoms with Crippen molar-refractivity contribution < 1.29 is 31.0 Å². The maximum atomic E-state index is 11.0. The fourth-order valence-corrected chi connectivity index (χ4v) is 5.98. The number of aliphatic hydroxyl groups is 1. The molecule has 2 atom stereocenters. The number of hydrogen-bond donors (Lipinski definition) is 5. The fraction of sp³-hybridized carbons (Fsp3) is 0.800. The maximum Gasteiger partial charge on any atom is 0.394 e. The zero-order valence-electron chi connectivity index (χ0n) is 8.35. The number of sulfone groups is 1. The predicted octanol–water partition coefficient (Wildman–Crippen LogP) is -2.49. The Kier molecular flexibility index (Phi) is 6.01. The van der Waals surface area contributed by atoms with Crippen molar-refractivity contribution in [2.75, 3.05) is 11.5 Å². The predicted molar refractivity (Wildman–Crippen MR) is 60.3 cm³/mol. The van der Waals surface area contributed by atoms with Gasteiger partial charge in [0.15, 0.2) is 0 Å². The van der Waals surface area contributed by atoms with Gasteiger partial charge >= 0.3 is 87.0 Å². The molecule has 9 nitrogen and oxygen atoms in total. The van der Waals surface area contributed by atoms with Crippen molar-refractivity contribution in [1.29, 1.82) is 5.41 Å². The van der Waals surface area contributed by atoms with Gasteiger partial charge in [0.1, 0.15) is 0 Å². The molecule has 6 N–H and O–H groups in total. The van der Waals surface area contributed by atoms with Crippen molar-refractivity contribution in [3.05, 3.63) is 0 Å². The van der Waals surface area contributed by atoms with Crippen LogP contribution in [0.15, 0.2) is 0 Å². The summed E-state index contributed by atoms with van der Waals surface area (Å²) in [4.78, 5) is -0.319. The van der Waals surface area contributed by atoms with Crippen molar-refractivity contribution >= 4 is 39.9 Å².